The fraction of sp³-hybridized carbons (Fsp3) is 0.133. The average molecular weight is 261 g/mol. The molecule has 1 amide bonds. The molecular weight excluding hydrogens is 248 g/mol. The van der Waals surface area contributed by atoms with Crippen molar-refractivity contribution in [1.82, 2.24) is 5.32 Å². The van der Waals surface area contributed by atoms with E-state index in [2.05, 4.69) is 5.32 Å². The van der Waals surface area contributed by atoms with Gasteiger partial charge in [0.25, 0.3) is 0 Å². The molecule has 0 bridgehead atoms. The Labute approximate surface area is 110 Å². The molecule has 0 aliphatic rings. The van der Waals surface area contributed by atoms with Crippen LogP contribution < -0.4 is 5.32 Å². The standard InChI is InChI=1S/C15H13F2NO/c1-10(19)18-9-11-2-4-12(5-3-11)13-6-7-14(16)15(17)8-13/h2-8H,9H2,1H3,(H,18,19). The Bertz CT molecular complexity index is 594. The molecule has 1 N–H and O–H groups in total. The molecule has 19 heavy (non-hydrogen) atoms. The Morgan fingerprint density at radius 1 is 1.00 bits per heavy atom. The first kappa shape index (κ1) is 13.2. The molecule has 0 aromatic heterocycles. The number of benzene rings is 2. The number of carbonyl (C=O) groups is 1. The monoisotopic (exact) mass is 261 g/mol. The molecule has 0 spiro atoms. The van der Waals surface area contributed by atoms with Gasteiger partial charge in [0.05, 0.1) is 0 Å². The fourth-order valence-corrected chi connectivity index (χ4v) is 1.72. The molecule has 4 heteroatoms. The lowest BCUT2D eigenvalue weighted by molar-refractivity contribution is -0.119. The van der Waals surface area contributed by atoms with E-state index < -0.39 is 11.6 Å². The van der Waals surface area contributed by atoms with Gasteiger partial charge in [-0.05, 0) is 28.8 Å². The van der Waals surface area contributed by atoms with E-state index in [1.54, 1.807) is 0 Å². The van der Waals surface area contributed by atoms with Crippen molar-refractivity contribution < 1.29 is 13.6 Å². The molecule has 0 saturated heterocycles. The molecule has 0 fully saturated rings. The maximum atomic E-state index is 13.1. The molecule has 0 aliphatic carbocycles. The van der Waals surface area contributed by atoms with Crippen LogP contribution in [0.1, 0.15) is 12.5 Å². The maximum Gasteiger partial charge on any atom is 0.217 e. The SMILES string of the molecule is CC(=O)NCc1ccc(-c2ccc(F)c(F)c2)cc1. The smallest absolute Gasteiger partial charge is 0.217 e. The lowest BCUT2D eigenvalue weighted by Crippen LogP contribution is -2.18. The van der Waals surface area contributed by atoms with Gasteiger partial charge in [-0.3, -0.25) is 4.79 Å². The van der Waals surface area contributed by atoms with Gasteiger partial charge in [-0.25, -0.2) is 8.78 Å². The summed E-state index contributed by atoms with van der Waals surface area (Å²) in [4.78, 5) is 10.8. The third kappa shape index (κ3) is 3.37. The number of halogens is 2. The van der Waals surface area contributed by atoms with Gasteiger partial charge in [0.1, 0.15) is 0 Å². The minimum Gasteiger partial charge on any atom is -0.352 e. The Morgan fingerprint density at radius 2 is 1.63 bits per heavy atom. The highest BCUT2D eigenvalue weighted by Crippen LogP contribution is 2.21. The number of rotatable bonds is 3. The zero-order valence-corrected chi connectivity index (χ0v) is 10.4. The van der Waals surface area contributed by atoms with Crippen LogP contribution in [0.5, 0.6) is 0 Å². The zero-order valence-electron chi connectivity index (χ0n) is 10.4. The van der Waals surface area contributed by atoms with Gasteiger partial charge in [-0.15, -0.1) is 0 Å². The summed E-state index contributed by atoms with van der Waals surface area (Å²) in [7, 11) is 0. The van der Waals surface area contributed by atoms with E-state index in [-0.39, 0.29) is 5.91 Å². The van der Waals surface area contributed by atoms with Crippen LogP contribution in [-0.2, 0) is 11.3 Å². The first-order chi connectivity index (χ1) is 9.06. The molecule has 0 radical (unpaired) electrons. The Kier molecular flexibility index (Phi) is 3.90. The first-order valence-corrected chi connectivity index (χ1v) is 5.85. The first-order valence-electron chi connectivity index (χ1n) is 5.85. The fourth-order valence-electron chi connectivity index (χ4n) is 1.72. The molecular formula is C15H13F2NO. The van der Waals surface area contributed by atoms with Crippen LogP contribution in [0.25, 0.3) is 11.1 Å². The predicted octanol–water partition coefficient (Wildman–Crippen LogP) is 3.27. The normalized spacial score (nSPS) is 10.3. The van der Waals surface area contributed by atoms with Crippen molar-refractivity contribution in [2.24, 2.45) is 0 Å². The van der Waals surface area contributed by atoms with Gasteiger partial charge in [-0.2, -0.15) is 0 Å². The van der Waals surface area contributed by atoms with Crippen molar-refractivity contribution in [3.63, 3.8) is 0 Å². The second-order valence-corrected chi connectivity index (χ2v) is 4.24. The van der Waals surface area contributed by atoms with Crippen molar-refractivity contribution in [3.05, 3.63) is 59.7 Å². The second kappa shape index (κ2) is 5.61. The molecule has 98 valence electrons. The van der Waals surface area contributed by atoms with Crippen LogP contribution in [0.15, 0.2) is 42.5 Å². The molecule has 2 nitrogen and oxygen atoms in total. The van der Waals surface area contributed by atoms with Crippen LogP contribution in [0.4, 0.5) is 8.78 Å². The van der Waals surface area contributed by atoms with Crippen molar-refractivity contribution >= 4 is 5.91 Å². The number of hydrogen-bond acceptors (Lipinski definition) is 1. The highest BCUT2D eigenvalue weighted by molar-refractivity contribution is 5.72. The largest absolute Gasteiger partial charge is 0.352 e. The van der Waals surface area contributed by atoms with Gasteiger partial charge in [0.15, 0.2) is 11.6 Å². The van der Waals surface area contributed by atoms with Crippen molar-refractivity contribution in [2.75, 3.05) is 0 Å². The van der Waals surface area contributed by atoms with Crippen LogP contribution in [0.3, 0.4) is 0 Å². The third-order valence-electron chi connectivity index (χ3n) is 2.75. The van der Waals surface area contributed by atoms with E-state index in [9.17, 15) is 13.6 Å². The van der Waals surface area contributed by atoms with E-state index in [4.69, 9.17) is 0 Å². The van der Waals surface area contributed by atoms with Crippen LogP contribution in [0, 0.1) is 11.6 Å². The molecule has 0 saturated carbocycles. The number of carbonyl (C=O) groups excluding carboxylic acids is 1. The maximum absolute atomic E-state index is 13.1. The molecule has 2 rings (SSSR count). The van der Waals surface area contributed by atoms with E-state index >= 15 is 0 Å². The topological polar surface area (TPSA) is 29.1 Å². The van der Waals surface area contributed by atoms with Crippen LogP contribution in [-0.4, -0.2) is 5.91 Å². The molecule has 0 aliphatic heterocycles. The van der Waals surface area contributed by atoms with E-state index in [1.807, 2.05) is 24.3 Å². The van der Waals surface area contributed by atoms with Crippen LogP contribution in [0.2, 0.25) is 0 Å². The molecule has 0 heterocycles. The van der Waals surface area contributed by atoms with Crippen LogP contribution >= 0.6 is 0 Å². The highest BCUT2D eigenvalue weighted by Gasteiger charge is 2.04. The number of nitrogens with one attached hydrogen (secondary N) is 1. The average Bonchev–Trinajstić information content (AvgIpc) is 2.40. The summed E-state index contributed by atoms with van der Waals surface area (Å²) in [6.07, 6.45) is 0. The minimum atomic E-state index is -0.861. The molecule has 0 unspecified atom stereocenters. The summed E-state index contributed by atoms with van der Waals surface area (Å²) in [5.74, 6) is -1.81. The summed E-state index contributed by atoms with van der Waals surface area (Å²) in [6.45, 7) is 1.91. The minimum absolute atomic E-state index is 0.0929. The number of amides is 1. The van der Waals surface area contributed by atoms with Gasteiger partial charge in [0.2, 0.25) is 5.91 Å². The number of hydrogen-bond donors (Lipinski definition) is 1. The summed E-state index contributed by atoms with van der Waals surface area (Å²) in [5, 5.41) is 2.69. The Morgan fingerprint density at radius 3 is 2.21 bits per heavy atom. The van der Waals surface area contributed by atoms with Gasteiger partial charge >= 0.3 is 0 Å². The van der Waals surface area contributed by atoms with E-state index in [0.29, 0.717) is 12.1 Å². The van der Waals surface area contributed by atoms with E-state index in [1.165, 1.54) is 13.0 Å². The second-order valence-electron chi connectivity index (χ2n) is 4.24. The summed E-state index contributed by atoms with van der Waals surface area (Å²) >= 11 is 0. The third-order valence-corrected chi connectivity index (χ3v) is 2.75. The quantitative estimate of drug-likeness (QED) is 0.902. The predicted molar refractivity (Wildman–Crippen MR) is 69.3 cm³/mol. The Hall–Kier alpha value is -2.23. The summed E-state index contributed by atoms with van der Waals surface area (Å²) < 4.78 is 26.0. The van der Waals surface area contributed by atoms with Gasteiger partial charge in [-0.1, -0.05) is 30.3 Å². The van der Waals surface area contributed by atoms with Gasteiger partial charge in [0, 0.05) is 13.5 Å². The molecule has 0 atom stereocenters. The molecule has 2 aromatic carbocycles. The van der Waals surface area contributed by atoms with Gasteiger partial charge < -0.3 is 5.32 Å². The summed E-state index contributed by atoms with van der Waals surface area (Å²) in [5.41, 5.74) is 2.36. The lowest BCUT2D eigenvalue weighted by atomic mass is 10.0. The molecule has 2 aromatic rings. The highest BCUT2D eigenvalue weighted by atomic mass is 19.2. The lowest BCUT2D eigenvalue weighted by Gasteiger charge is -2.05. The Balaban J connectivity index is 2.17. The van der Waals surface area contributed by atoms with Crippen molar-refractivity contribution in [3.8, 4) is 11.1 Å². The van der Waals surface area contributed by atoms with Crippen molar-refractivity contribution in [2.45, 2.75) is 13.5 Å². The summed E-state index contributed by atoms with van der Waals surface area (Å²) in [6, 6.07) is 11.1. The van der Waals surface area contributed by atoms with Crippen molar-refractivity contribution in [1.29, 1.82) is 0 Å². The van der Waals surface area contributed by atoms with E-state index in [0.717, 1.165) is 23.3 Å². The zero-order chi connectivity index (χ0) is 13.8.